The summed E-state index contributed by atoms with van der Waals surface area (Å²) in [7, 11) is 1.69. The zero-order valence-corrected chi connectivity index (χ0v) is 20.5. The first-order valence-corrected chi connectivity index (χ1v) is 12.2. The summed E-state index contributed by atoms with van der Waals surface area (Å²) in [5, 5.41) is 0.229. The summed E-state index contributed by atoms with van der Waals surface area (Å²) in [6.45, 7) is 4.66. The van der Waals surface area contributed by atoms with Gasteiger partial charge in [-0.15, -0.1) is 0 Å². The van der Waals surface area contributed by atoms with Crippen LogP contribution in [-0.2, 0) is 16.1 Å². The van der Waals surface area contributed by atoms with Crippen LogP contribution in [0.5, 0.6) is 0 Å². The van der Waals surface area contributed by atoms with E-state index in [1.54, 1.807) is 49.6 Å². The highest BCUT2D eigenvalue weighted by atomic mass is 35.5. The predicted molar refractivity (Wildman–Crippen MR) is 134 cm³/mol. The van der Waals surface area contributed by atoms with Gasteiger partial charge >= 0.3 is 0 Å². The molecule has 7 nitrogen and oxygen atoms in total. The summed E-state index contributed by atoms with van der Waals surface area (Å²) < 4.78 is 5.13. The average molecular weight is 500 g/mol. The molecule has 2 aliphatic rings. The molecule has 0 aromatic heterocycles. The molecule has 0 atom stereocenters. The molecule has 0 unspecified atom stereocenters. The molecule has 9 heteroatoms. The van der Waals surface area contributed by atoms with Crippen LogP contribution in [0.1, 0.15) is 21.5 Å². The maximum Gasteiger partial charge on any atom is 0.293 e. The van der Waals surface area contributed by atoms with Crippen molar-refractivity contribution < 1.29 is 19.1 Å². The summed E-state index contributed by atoms with van der Waals surface area (Å²) in [5.41, 5.74) is 2.06. The van der Waals surface area contributed by atoms with E-state index in [-0.39, 0.29) is 23.6 Å². The van der Waals surface area contributed by atoms with Gasteiger partial charge in [0.2, 0.25) is 0 Å². The first-order valence-electron chi connectivity index (χ1n) is 11.0. The van der Waals surface area contributed by atoms with Crippen molar-refractivity contribution in [3.63, 3.8) is 0 Å². The highest BCUT2D eigenvalue weighted by Gasteiger charge is 2.35. The Labute approximate surface area is 208 Å². The number of hydrogen-bond acceptors (Lipinski definition) is 6. The Kier molecular flexibility index (Phi) is 8.05. The lowest BCUT2D eigenvalue weighted by Crippen LogP contribution is -2.49. The Morgan fingerprint density at radius 1 is 1.09 bits per heavy atom. The van der Waals surface area contributed by atoms with E-state index in [2.05, 4.69) is 4.90 Å². The summed E-state index contributed by atoms with van der Waals surface area (Å²) in [5.74, 6) is -0.380. The normalized spacial score (nSPS) is 18.2. The number of benzene rings is 2. The van der Waals surface area contributed by atoms with E-state index in [0.29, 0.717) is 40.8 Å². The lowest BCUT2D eigenvalue weighted by atomic mass is 10.1. The molecule has 0 radical (unpaired) electrons. The van der Waals surface area contributed by atoms with Crippen molar-refractivity contribution in [2.45, 2.75) is 6.54 Å². The number of thioether (sulfide) groups is 1. The van der Waals surface area contributed by atoms with E-state index in [9.17, 15) is 14.4 Å². The Hall–Kier alpha value is -2.65. The third-order valence-corrected chi connectivity index (χ3v) is 6.95. The number of nitrogens with zero attached hydrogens (tertiary/aromatic N) is 3. The van der Waals surface area contributed by atoms with Crippen molar-refractivity contribution >= 4 is 46.5 Å². The van der Waals surface area contributed by atoms with Gasteiger partial charge in [0.25, 0.3) is 17.1 Å². The molecular weight excluding hydrogens is 474 g/mol. The second-order valence-electron chi connectivity index (χ2n) is 8.15. The van der Waals surface area contributed by atoms with Gasteiger partial charge in [-0.1, -0.05) is 35.9 Å². The van der Waals surface area contributed by atoms with Crippen molar-refractivity contribution in [2.24, 2.45) is 0 Å². The van der Waals surface area contributed by atoms with Crippen molar-refractivity contribution in [1.82, 2.24) is 14.7 Å². The van der Waals surface area contributed by atoms with Crippen LogP contribution < -0.4 is 0 Å². The maximum absolute atomic E-state index is 13.0. The number of hydrogen-bond donors (Lipinski definition) is 0. The number of halogens is 1. The third-order valence-electron chi connectivity index (χ3n) is 5.81. The van der Waals surface area contributed by atoms with Crippen molar-refractivity contribution in [3.05, 3.63) is 75.1 Å². The maximum atomic E-state index is 13.0. The molecule has 178 valence electrons. The summed E-state index contributed by atoms with van der Waals surface area (Å²) >= 11 is 6.92. The van der Waals surface area contributed by atoms with Gasteiger partial charge in [0.1, 0.15) is 0 Å². The second kappa shape index (κ2) is 11.2. The molecule has 0 N–H and O–H groups in total. The van der Waals surface area contributed by atoms with Crippen LogP contribution >= 0.6 is 23.4 Å². The SMILES string of the molecule is COCCN1CCN(C(=O)c2cccc(C=C3SC(=O)N(Cc4cccc(Cl)c4)C3=O)c2)CC1. The molecule has 2 aliphatic heterocycles. The molecule has 2 aromatic rings. The standard InChI is InChI=1S/C25H26ClN3O4S/c1-33-13-12-27-8-10-28(11-9-27)23(30)20-6-2-4-18(14-20)16-22-24(31)29(25(32)34-22)17-19-5-3-7-21(26)15-19/h2-7,14-16H,8-13,17H2,1H3. The highest BCUT2D eigenvalue weighted by molar-refractivity contribution is 8.18. The summed E-state index contributed by atoms with van der Waals surface area (Å²) in [6.07, 6.45) is 1.67. The predicted octanol–water partition coefficient (Wildman–Crippen LogP) is 3.98. The van der Waals surface area contributed by atoms with Crippen LogP contribution in [0.15, 0.2) is 53.4 Å². The second-order valence-corrected chi connectivity index (χ2v) is 9.58. The minimum atomic E-state index is -0.348. The zero-order chi connectivity index (χ0) is 24.1. The monoisotopic (exact) mass is 499 g/mol. The molecule has 2 heterocycles. The fourth-order valence-corrected chi connectivity index (χ4v) is 5.00. The number of amides is 3. The fraction of sp³-hybridized carbons (Fsp3) is 0.320. The molecule has 0 aliphatic carbocycles. The van der Waals surface area contributed by atoms with Gasteiger partial charge in [-0.2, -0.15) is 0 Å². The molecule has 0 saturated carbocycles. The van der Waals surface area contributed by atoms with E-state index < -0.39 is 0 Å². The van der Waals surface area contributed by atoms with E-state index in [4.69, 9.17) is 16.3 Å². The fourth-order valence-electron chi connectivity index (χ4n) is 3.94. The van der Waals surface area contributed by atoms with Crippen LogP contribution in [0.2, 0.25) is 5.02 Å². The molecule has 3 amide bonds. The quantitative estimate of drug-likeness (QED) is 0.537. The average Bonchev–Trinajstić information content (AvgIpc) is 3.10. The lowest BCUT2D eigenvalue weighted by molar-refractivity contribution is -0.123. The van der Waals surface area contributed by atoms with Crippen LogP contribution in [0.3, 0.4) is 0 Å². The molecule has 2 aromatic carbocycles. The van der Waals surface area contributed by atoms with Gasteiger partial charge in [0.15, 0.2) is 0 Å². The Morgan fingerprint density at radius 3 is 2.59 bits per heavy atom. The molecule has 0 bridgehead atoms. The topological polar surface area (TPSA) is 70.2 Å². The lowest BCUT2D eigenvalue weighted by Gasteiger charge is -2.34. The number of piperazine rings is 1. The molecule has 4 rings (SSSR count). The van der Waals surface area contributed by atoms with Gasteiger partial charge in [-0.3, -0.25) is 24.2 Å². The number of methoxy groups -OCH3 is 1. The van der Waals surface area contributed by atoms with E-state index in [1.165, 1.54) is 4.90 Å². The summed E-state index contributed by atoms with van der Waals surface area (Å²) in [4.78, 5) is 44.0. The van der Waals surface area contributed by atoms with Crippen LogP contribution in [0, 0.1) is 0 Å². The highest BCUT2D eigenvalue weighted by Crippen LogP contribution is 2.33. The Bertz CT molecular complexity index is 1110. The van der Waals surface area contributed by atoms with Gasteiger partial charge in [0, 0.05) is 50.4 Å². The van der Waals surface area contributed by atoms with Crippen LogP contribution in [0.25, 0.3) is 6.08 Å². The van der Waals surface area contributed by atoms with Crippen LogP contribution in [-0.4, -0.2) is 78.2 Å². The first-order chi connectivity index (χ1) is 16.4. The number of imide groups is 1. The Balaban J connectivity index is 1.42. The van der Waals surface area contributed by atoms with Gasteiger partial charge < -0.3 is 9.64 Å². The number of carbonyl (C=O) groups excluding carboxylic acids is 3. The van der Waals surface area contributed by atoms with Gasteiger partial charge in [0.05, 0.1) is 18.1 Å². The molecule has 0 spiro atoms. The number of carbonyl (C=O) groups is 3. The van der Waals surface area contributed by atoms with Crippen molar-refractivity contribution in [3.8, 4) is 0 Å². The molecular formula is C25H26ClN3O4S. The Morgan fingerprint density at radius 2 is 1.85 bits per heavy atom. The largest absolute Gasteiger partial charge is 0.383 e. The van der Waals surface area contributed by atoms with Crippen LogP contribution in [0.4, 0.5) is 4.79 Å². The smallest absolute Gasteiger partial charge is 0.293 e. The first kappa shape index (κ1) is 24.5. The molecule has 2 fully saturated rings. The molecule has 2 saturated heterocycles. The van der Waals surface area contributed by atoms with Crippen molar-refractivity contribution in [2.75, 3.05) is 46.4 Å². The van der Waals surface area contributed by atoms with Crippen molar-refractivity contribution in [1.29, 1.82) is 0 Å². The number of rotatable bonds is 7. The van der Waals surface area contributed by atoms with Gasteiger partial charge in [-0.05, 0) is 53.2 Å². The third kappa shape index (κ3) is 5.88. The molecule has 34 heavy (non-hydrogen) atoms. The van der Waals surface area contributed by atoms with E-state index >= 15 is 0 Å². The minimum Gasteiger partial charge on any atom is -0.383 e. The van der Waals surface area contributed by atoms with E-state index in [1.807, 2.05) is 17.0 Å². The van der Waals surface area contributed by atoms with Gasteiger partial charge in [-0.25, -0.2) is 0 Å². The summed E-state index contributed by atoms with van der Waals surface area (Å²) in [6, 6.07) is 14.3. The number of ether oxygens (including phenoxy) is 1. The van der Waals surface area contributed by atoms with E-state index in [0.717, 1.165) is 37.0 Å². The minimum absolute atomic E-state index is 0.0318. The zero-order valence-electron chi connectivity index (χ0n) is 18.9.